The molecule has 2 aromatic rings. The number of likely N-dealkylation sites (tertiary alicyclic amines) is 1. The standard InChI is InChI=1S/C21H21N3O2/c22-20(25)19(15-6-2-1-3-7-15)24-12-10-14(11-13-24)18-16-8-4-5-9-17(16)23-21(18)26/h1-9,19H,10-13H2,(H2,22,25)(H,23,26)/t19-/m0/s1. The number of fused-ring (bicyclic) bond motifs is 1. The Balaban J connectivity index is 1.58. The lowest BCUT2D eigenvalue weighted by molar-refractivity contribution is -0.123. The highest BCUT2D eigenvalue weighted by Gasteiger charge is 2.32. The molecule has 26 heavy (non-hydrogen) atoms. The average molecular weight is 347 g/mol. The van der Waals surface area contributed by atoms with E-state index in [9.17, 15) is 9.59 Å². The van der Waals surface area contributed by atoms with E-state index in [-0.39, 0.29) is 11.8 Å². The maximum atomic E-state index is 12.4. The van der Waals surface area contributed by atoms with Crippen LogP contribution < -0.4 is 11.1 Å². The number of nitrogens with two attached hydrogens (primary N) is 1. The lowest BCUT2D eigenvalue weighted by atomic mass is 9.92. The molecule has 5 heteroatoms. The summed E-state index contributed by atoms with van der Waals surface area (Å²) in [6.45, 7) is 1.41. The molecule has 2 aromatic carbocycles. The Morgan fingerprint density at radius 3 is 2.35 bits per heavy atom. The Morgan fingerprint density at radius 2 is 1.65 bits per heavy atom. The van der Waals surface area contributed by atoms with Gasteiger partial charge in [-0.25, -0.2) is 0 Å². The van der Waals surface area contributed by atoms with Gasteiger partial charge in [-0.3, -0.25) is 14.5 Å². The molecule has 0 saturated carbocycles. The van der Waals surface area contributed by atoms with Gasteiger partial charge < -0.3 is 11.1 Å². The summed E-state index contributed by atoms with van der Waals surface area (Å²) in [6.07, 6.45) is 1.52. The molecule has 0 unspecified atom stereocenters. The van der Waals surface area contributed by atoms with E-state index in [0.717, 1.165) is 40.8 Å². The summed E-state index contributed by atoms with van der Waals surface area (Å²) >= 11 is 0. The molecule has 2 aliphatic heterocycles. The van der Waals surface area contributed by atoms with E-state index in [1.54, 1.807) is 0 Å². The van der Waals surface area contributed by atoms with E-state index in [0.29, 0.717) is 13.1 Å². The van der Waals surface area contributed by atoms with Gasteiger partial charge >= 0.3 is 0 Å². The summed E-state index contributed by atoms with van der Waals surface area (Å²) in [4.78, 5) is 26.6. The summed E-state index contributed by atoms with van der Waals surface area (Å²) in [7, 11) is 0. The van der Waals surface area contributed by atoms with Crippen LogP contribution in [-0.4, -0.2) is 29.8 Å². The first kappa shape index (κ1) is 16.5. The Labute approximate surface area is 152 Å². The third-order valence-corrected chi connectivity index (χ3v) is 5.18. The minimum atomic E-state index is -0.424. The number of primary amides is 1. The molecule has 1 atom stereocenters. The number of nitrogens with one attached hydrogen (secondary N) is 1. The van der Waals surface area contributed by atoms with E-state index in [1.807, 2.05) is 54.6 Å². The number of carbonyl (C=O) groups is 2. The topological polar surface area (TPSA) is 75.4 Å². The number of anilines is 1. The molecule has 2 heterocycles. The van der Waals surface area contributed by atoms with Crippen molar-refractivity contribution in [3.8, 4) is 0 Å². The Kier molecular flexibility index (Phi) is 4.31. The number of amides is 2. The fourth-order valence-electron chi connectivity index (χ4n) is 3.96. The van der Waals surface area contributed by atoms with Crippen molar-refractivity contribution in [2.45, 2.75) is 18.9 Å². The van der Waals surface area contributed by atoms with Gasteiger partial charge in [-0.1, -0.05) is 54.1 Å². The molecular formula is C21H21N3O2. The van der Waals surface area contributed by atoms with Crippen molar-refractivity contribution in [3.05, 3.63) is 71.3 Å². The zero-order chi connectivity index (χ0) is 18.1. The van der Waals surface area contributed by atoms with Crippen LogP contribution in [0.4, 0.5) is 5.69 Å². The van der Waals surface area contributed by atoms with Crippen LogP contribution in [0.2, 0.25) is 0 Å². The molecule has 1 saturated heterocycles. The summed E-state index contributed by atoms with van der Waals surface area (Å²) in [5.41, 5.74) is 10.4. The maximum absolute atomic E-state index is 12.4. The second-order valence-electron chi connectivity index (χ2n) is 6.73. The second-order valence-corrected chi connectivity index (χ2v) is 6.73. The number of carbonyl (C=O) groups excluding carboxylic acids is 2. The lowest BCUT2D eigenvalue weighted by Crippen LogP contribution is -2.41. The number of piperidine rings is 1. The van der Waals surface area contributed by atoms with E-state index in [1.165, 1.54) is 0 Å². The average Bonchev–Trinajstić information content (AvgIpc) is 2.99. The van der Waals surface area contributed by atoms with Gasteiger partial charge in [0.1, 0.15) is 6.04 Å². The van der Waals surface area contributed by atoms with Gasteiger partial charge in [0.05, 0.1) is 0 Å². The normalized spacial score (nSPS) is 18.4. The zero-order valence-electron chi connectivity index (χ0n) is 14.4. The number of nitrogens with zero attached hydrogens (tertiary/aromatic N) is 1. The van der Waals surface area contributed by atoms with Gasteiger partial charge in [-0.15, -0.1) is 0 Å². The van der Waals surface area contributed by atoms with Crippen LogP contribution in [0.15, 0.2) is 60.2 Å². The monoisotopic (exact) mass is 347 g/mol. The molecule has 0 spiro atoms. The third kappa shape index (κ3) is 2.91. The quantitative estimate of drug-likeness (QED) is 0.838. The first-order valence-electron chi connectivity index (χ1n) is 8.86. The van der Waals surface area contributed by atoms with Crippen molar-refractivity contribution in [2.75, 3.05) is 18.4 Å². The van der Waals surface area contributed by atoms with Crippen molar-refractivity contribution >= 4 is 23.1 Å². The Hall–Kier alpha value is -2.92. The highest BCUT2D eigenvalue weighted by molar-refractivity contribution is 6.32. The lowest BCUT2D eigenvalue weighted by Gasteiger charge is -2.34. The summed E-state index contributed by atoms with van der Waals surface area (Å²) in [5, 5.41) is 2.94. The molecule has 0 aromatic heterocycles. The molecule has 0 radical (unpaired) electrons. The highest BCUT2D eigenvalue weighted by atomic mass is 16.2. The fourth-order valence-corrected chi connectivity index (χ4v) is 3.96. The summed E-state index contributed by atoms with van der Waals surface area (Å²) < 4.78 is 0. The predicted molar refractivity (Wildman–Crippen MR) is 101 cm³/mol. The molecule has 0 aliphatic carbocycles. The van der Waals surface area contributed by atoms with E-state index in [2.05, 4.69) is 10.2 Å². The molecule has 132 valence electrons. The van der Waals surface area contributed by atoms with Gasteiger partial charge in [0, 0.05) is 29.9 Å². The van der Waals surface area contributed by atoms with E-state index >= 15 is 0 Å². The van der Waals surface area contributed by atoms with Gasteiger partial charge in [0.2, 0.25) is 5.91 Å². The predicted octanol–water partition coefficient (Wildman–Crippen LogP) is 2.71. The molecule has 0 bridgehead atoms. The molecule has 2 amide bonds. The van der Waals surface area contributed by atoms with E-state index in [4.69, 9.17) is 5.73 Å². The molecule has 4 rings (SSSR count). The number of benzene rings is 2. The smallest absolute Gasteiger partial charge is 0.256 e. The van der Waals surface area contributed by atoms with Crippen LogP contribution >= 0.6 is 0 Å². The molecule has 5 nitrogen and oxygen atoms in total. The van der Waals surface area contributed by atoms with Gasteiger partial charge in [-0.05, 0) is 24.5 Å². The van der Waals surface area contributed by atoms with Crippen molar-refractivity contribution in [2.24, 2.45) is 5.73 Å². The van der Waals surface area contributed by atoms with Crippen molar-refractivity contribution in [3.63, 3.8) is 0 Å². The molecule has 1 fully saturated rings. The molecule has 3 N–H and O–H groups in total. The Morgan fingerprint density at radius 1 is 1.00 bits per heavy atom. The largest absolute Gasteiger partial charge is 0.368 e. The third-order valence-electron chi connectivity index (χ3n) is 5.18. The summed E-state index contributed by atoms with van der Waals surface area (Å²) in [6, 6.07) is 17.0. The van der Waals surface area contributed by atoms with Crippen LogP contribution in [0.25, 0.3) is 5.57 Å². The van der Waals surface area contributed by atoms with Crippen molar-refractivity contribution in [1.82, 2.24) is 4.90 Å². The Bertz CT molecular complexity index is 879. The van der Waals surface area contributed by atoms with Crippen LogP contribution in [0.1, 0.15) is 30.0 Å². The van der Waals surface area contributed by atoms with Crippen molar-refractivity contribution < 1.29 is 9.59 Å². The van der Waals surface area contributed by atoms with Crippen molar-refractivity contribution in [1.29, 1.82) is 0 Å². The second kappa shape index (κ2) is 6.77. The first-order chi connectivity index (χ1) is 12.6. The van der Waals surface area contributed by atoms with Crippen LogP contribution in [0, 0.1) is 0 Å². The zero-order valence-corrected chi connectivity index (χ0v) is 14.4. The molecular weight excluding hydrogens is 326 g/mol. The SMILES string of the molecule is NC(=O)[C@H](c1ccccc1)N1CCC(=C2C(=O)Nc3ccccc32)CC1. The van der Waals surface area contributed by atoms with Gasteiger partial charge in [0.15, 0.2) is 0 Å². The highest BCUT2D eigenvalue weighted by Crippen LogP contribution is 2.37. The fraction of sp³-hybridized carbons (Fsp3) is 0.238. The maximum Gasteiger partial charge on any atom is 0.256 e. The minimum Gasteiger partial charge on any atom is -0.368 e. The van der Waals surface area contributed by atoms with Gasteiger partial charge in [-0.2, -0.15) is 0 Å². The number of hydrogen-bond acceptors (Lipinski definition) is 3. The number of hydrogen-bond donors (Lipinski definition) is 2. The van der Waals surface area contributed by atoms with Crippen LogP contribution in [0.5, 0.6) is 0 Å². The summed E-state index contributed by atoms with van der Waals surface area (Å²) in [5.74, 6) is -0.361. The van der Waals surface area contributed by atoms with Gasteiger partial charge in [0.25, 0.3) is 5.91 Å². The molecule has 2 aliphatic rings. The minimum absolute atomic E-state index is 0.0239. The van der Waals surface area contributed by atoms with Crippen LogP contribution in [-0.2, 0) is 9.59 Å². The van der Waals surface area contributed by atoms with Crippen LogP contribution in [0.3, 0.4) is 0 Å². The number of para-hydroxylation sites is 1. The van der Waals surface area contributed by atoms with E-state index < -0.39 is 6.04 Å². The first-order valence-corrected chi connectivity index (χ1v) is 8.86. The number of rotatable bonds is 3.